The monoisotopic (exact) mass is 308 g/mol. The highest BCUT2D eigenvalue weighted by molar-refractivity contribution is 4.87. The fourth-order valence-electron chi connectivity index (χ4n) is 4.63. The normalized spacial score (nSPS) is 30.7. The molecular formula is C20H40N2. The molecule has 2 heterocycles. The van der Waals surface area contributed by atoms with Gasteiger partial charge >= 0.3 is 0 Å². The van der Waals surface area contributed by atoms with E-state index in [2.05, 4.69) is 45.3 Å². The first-order valence-electron chi connectivity index (χ1n) is 9.68. The molecule has 2 fully saturated rings. The van der Waals surface area contributed by atoms with Crippen LogP contribution in [0.3, 0.4) is 0 Å². The third-order valence-corrected chi connectivity index (χ3v) is 5.64. The fraction of sp³-hybridized carbons (Fsp3) is 1.00. The highest BCUT2D eigenvalue weighted by atomic mass is 14.9. The summed E-state index contributed by atoms with van der Waals surface area (Å²) in [6, 6.07) is 0.774. The summed E-state index contributed by atoms with van der Waals surface area (Å²) in [6.07, 6.45) is 9.73. The Bertz CT molecular complexity index is 323. The smallest absolute Gasteiger partial charge is 0.00704 e. The van der Waals surface area contributed by atoms with Gasteiger partial charge in [0.1, 0.15) is 0 Å². The molecule has 0 aliphatic carbocycles. The number of hydrogen-bond acceptors (Lipinski definition) is 2. The highest BCUT2D eigenvalue weighted by Crippen LogP contribution is 2.37. The van der Waals surface area contributed by atoms with E-state index in [9.17, 15) is 0 Å². The maximum Gasteiger partial charge on any atom is 0.00704 e. The summed E-state index contributed by atoms with van der Waals surface area (Å²) in [5, 5.41) is 7.37. The quantitative estimate of drug-likeness (QED) is 0.749. The molecule has 3 atom stereocenters. The van der Waals surface area contributed by atoms with Crippen molar-refractivity contribution < 1.29 is 0 Å². The lowest BCUT2D eigenvalue weighted by Gasteiger charge is -2.34. The number of rotatable bonds is 6. The van der Waals surface area contributed by atoms with Crippen molar-refractivity contribution in [3.05, 3.63) is 0 Å². The van der Waals surface area contributed by atoms with Crippen LogP contribution in [0.1, 0.15) is 79.6 Å². The summed E-state index contributed by atoms with van der Waals surface area (Å²) in [4.78, 5) is 0. The van der Waals surface area contributed by atoms with Crippen molar-refractivity contribution in [2.24, 2.45) is 22.7 Å². The highest BCUT2D eigenvalue weighted by Gasteiger charge is 2.32. The van der Waals surface area contributed by atoms with Crippen LogP contribution in [-0.4, -0.2) is 25.7 Å². The lowest BCUT2D eigenvalue weighted by atomic mass is 9.74. The molecule has 2 N–H and O–H groups in total. The first-order valence-corrected chi connectivity index (χ1v) is 9.68. The fourth-order valence-corrected chi connectivity index (χ4v) is 4.63. The summed E-state index contributed by atoms with van der Waals surface area (Å²) >= 11 is 0. The molecule has 0 saturated carbocycles. The SMILES string of the molecule is CC(C)(C)CCC1CC(CC(C)(C)CC2CCCNC2)CN1. The second-order valence-corrected chi connectivity index (χ2v) is 10.1. The number of piperidine rings is 1. The standard InChI is InChI=1S/C20H40N2/c1-19(2,3)9-8-18-11-17(15-22-18)13-20(4,5)12-16-7-6-10-21-14-16/h16-18,21-22H,6-15H2,1-5H3. The van der Waals surface area contributed by atoms with E-state index in [1.807, 2.05) is 0 Å². The van der Waals surface area contributed by atoms with Gasteiger partial charge in [0.05, 0.1) is 0 Å². The van der Waals surface area contributed by atoms with Gasteiger partial charge < -0.3 is 10.6 Å². The Morgan fingerprint density at radius 3 is 2.32 bits per heavy atom. The van der Waals surface area contributed by atoms with Gasteiger partial charge in [0.15, 0.2) is 0 Å². The van der Waals surface area contributed by atoms with E-state index in [1.165, 1.54) is 64.6 Å². The zero-order valence-electron chi connectivity index (χ0n) is 15.8. The van der Waals surface area contributed by atoms with Crippen LogP contribution in [0.2, 0.25) is 0 Å². The number of nitrogens with one attached hydrogen (secondary N) is 2. The zero-order chi connectivity index (χ0) is 16.2. The van der Waals surface area contributed by atoms with Crippen molar-refractivity contribution in [3.63, 3.8) is 0 Å². The van der Waals surface area contributed by atoms with Gasteiger partial charge in [-0.15, -0.1) is 0 Å². The molecular weight excluding hydrogens is 268 g/mol. The molecule has 0 radical (unpaired) electrons. The van der Waals surface area contributed by atoms with Gasteiger partial charge in [-0.1, -0.05) is 34.6 Å². The van der Waals surface area contributed by atoms with Gasteiger partial charge in [-0.05, 0) is 87.2 Å². The molecule has 2 nitrogen and oxygen atoms in total. The summed E-state index contributed by atoms with van der Waals surface area (Å²) < 4.78 is 0. The molecule has 0 amide bonds. The molecule has 2 heteroatoms. The van der Waals surface area contributed by atoms with Crippen molar-refractivity contribution in [2.75, 3.05) is 19.6 Å². The van der Waals surface area contributed by atoms with Gasteiger partial charge in [-0.2, -0.15) is 0 Å². The van der Waals surface area contributed by atoms with E-state index < -0.39 is 0 Å². The van der Waals surface area contributed by atoms with Gasteiger partial charge in [0.25, 0.3) is 0 Å². The zero-order valence-corrected chi connectivity index (χ0v) is 15.8. The largest absolute Gasteiger partial charge is 0.316 e. The van der Waals surface area contributed by atoms with Crippen molar-refractivity contribution in [1.82, 2.24) is 10.6 Å². The molecule has 2 aliphatic rings. The molecule has 2 aliphatic heterocycles. The van der Waals surface area contributed by atoms with E-state index >= 15 is 0 Å². The lowest BCUT2D eigenvalue weighted by molar-refractivity contribution is 0.191. The van der Waals surface area contributed by atoms with Gasteiger partial charge in [-0.25, -0.2) is 0 Å². The van der Waals surface area contributed by atoms with Gasteiger partial charge in [-0.3, -0.25) is 0 Å². The topological polar surface area (TPSA) is 24.1 Å². The van der Waals surface area contributed by atoms with Crippen LogP contribution in [-0.2, 0) is 0 Å². The average molecular weight is 309 g/mol. The Morgan fingerprint density at radius 1 is 0.955 bits per heavy atom. The second kappa shape index (κ2) is 7.66. The molecule has 2 rings (SSSR count). The third-order valence-electron chi connectivity index (χ3n) is 5.64. The molecule has 0 aromatic carbocycles. The van der Waals surface area contributed by atoms with Crippen molar-refractivity contribution in [3.8, 4) is 0 Å². The second-order valence-electron chi connectivity index (χ2n) is 10.1. The summed E-state index contributed by atoms with van der Waals surface area (Å²) in [6.45, 7) is 15.8. The predicted molar refractivity (Wildman–Crippen MR) is 97.2 cm³/mol. The molecule has 2 saturated heterocycles. The van der Waals surface area contributed by atoms with E-state index in [1.54, 1.807) is 0 Å². The van der Waals surface area contributed by atoms with Crippen LogP contribution in [0, 0.1) is 22.7 Å². The Morgan fingerprint density at radius 2 is 1.68 bits per heavy atom. The van der Waals surface area contributed by atoms with Crippen molar-refractivity contribution in [2.45, 2.75) is 85.6 Å². The van der Waals surface area contributed by atoms with E-state index in [0.29, 0.717) is 10.8 Å². The number of hydrogen-bond donors (Lipinski definition) is 2. The minimum Gasteiger partial charge on any atom is -0.316 e. The Labute approximate surface area is 139 Å². The predicted octanol–water partition coefficient (Wildman–Crippen LogP) is 4.60. The maximum atomic E-state index is 3.79. The Balaban J connectivity index is 1.71. The van der Waals surface area contributed by atoms with Crippen LogP contribution >= 0.6 is 0 Å². The molecule has 0 spiro atoms. The van der Waals surface area contributed by atoms with E-state index in [-0.39, 0.29) is 0 Å². The van der Waals surface area contributed by atoms with E-state index in [4.69, 9.17) is 0 Å². The molecule has 3 unspecified atom stereocenters. The van der Waals surface area contributed by atoms with Crippen LogP contribution in [0.15, 0.2) is 0 Å². The van der Waals surface area contributed by atoms with Gasteiger partial charge in [0, 0.05) is 6.04 Å². The molecule has 0 bridgehead atoms. The van der Waals surface area contributed by atoms with Crippen LogP contribution in [0.5, 0.6) is 0 Å². The summed E-state index contributed by atoms with van der Waals surface area (Å²) in [5.41, 5.74) is 0.988. The van der Waals surface area contributed by atoms with E-state index in [0.717, 1.165) is 17.9 Å². The first kappa shape index (κ1) is 18.3. The molecule has 0 aromatic heterocycles. The van der Waals surface area contributed by atoms with Crippen molar-refractivity contribution >= 4 is 0 Å². The first-order chi connectivity index (χ1) is 10.2. The Kier molecular flexibility index (Phi) is 6.36. The summed E-state index contributed by atoms with van der Waals surface area (Å²) in [7, 11) is 0. The molecule has 130 valence electrons. The van der Waals surface area contributed by atoms with Crippen LogP contribution in [0.4, 0.5) is 0 Å². The molecule has 0 aromatic rings. The van der Waals surface area contributed by atoms with Crippen LogP contribution < -0.4 is 10.6 Å². The van der Waals surface area contributed by atoms with Crippen molar-refractivity contribution in [1.29, 1.82) is 0 Å². The Hall–Kier alpha value is -0.0800. The summed E-state index contributed by atoms with van der Waals surface area (Å²) in [5.74, 6) is 1.81. The van der Waals surface area contributed by atoms with Crippen LogP contribution in [0.25, 0.3) is 0 Å². The third kappa shape index (κ3) is 6.58. The lowest BCUT2D eigenvalue weighted by Crippen LogP contribution is -2.33. The minimum atomic E-state index is 0.479. The molecule has 22 heavy (non-hydrogen) atoms. The van der Waals surface area contributed by atoms with Gasteiger partial charge in [0.2, 0.25) is 0 Å². The average Bonchev–Trinajstić information content (AvgIpc) is 2.83. The minimum absolute atomic E-state index is 0.479. The maximum absolute atomic E-state index is 3.79.